The van der Waals surface area contributed by atoms with Crippen molar-refractivity contribution in [2.24, 2.45) is 0 Å². The second-order valence-electron chi connectivity index (χ2n) is 3.17. The van der Waals surface area contributed by atoms with Crippen LogP contribution in [-0.4, -0.2) is 26.0 Å². The summed E-state index contributed by atoms with van der Waals surface area (Å²) < 4.78 is 25.7. The zero-order chi connectivity index (χ0) is 12.9. The lowest BCUT2D eigenvalue weighted by atomic mass is 10.3. The van der Waals surface area contributed by atoms with Gasteiger partial charge in [-0.2, -0.15) is 0 Å². The van der Waals surface area contributed by atoms with E-state index in [0.29, 0.717) is 12.8 Å². The number of terminal acetylenes is 1. The minimum absolute atomic E-state index is 0.00407. The third-order valence-corrected chi connectivity index (χ3v) is 4.78. The van der Waals surface area contributed by atoms with Gasteiger partial charge in [-0.3, -0.25) is 0 Å². The van der Waals surface area contributed by atoms with E-state index in [2.05, 4.69) is 10.6 Å². The Kier molecular flexibility index (Phi) is 4.69. The van der Waals surface area contributed by atoms with Crippen molar-refractivity contribution in [1.82, 2.24) is 4.72 Å². The highest BCUT2D eigenvalue weighted by molar-refractivity contribution is 7.91. The van der Waals surface area contributed by atoms with Gasteiger partial charge in [0.1, 0.15) is 4.21 Å². The van der Waals surface area contributed by atoms with Crippen LogP contribution >= 0.6 is 11.3 Å². The van der Waals surface area contributed by atoms with Crippen molar-refractivity contribution in [2.75, 3.05) is 6.54 Å². The van der Waals surface area contributed by atoms with Crippen LogP contribution in [0.4, 0.5) is 0 Å². The fourth-order valence-electron chi connectivity index (χ4n) is 1.04. The van der Waals surface area contributed by atoms with E-state index in [9.17, 15) is 13.2 Å². The van der Waals surface area contributed by atoms with Gasteiger partial charge in [0.05, 0.1) is 5.56 Å². The summed E-state index contributed by atoms with van der Waals surface area (Å²) in [5, 5.41) is 9.97. The van der Waals surface area contributed by atoms with E-state index in [1.807, 2.05) is 0 Å². The molecule has 0 spiro atoms. The summed E-state index contributed by atoms with van der Waals surface area (Å²) in [6, 6.07) is 1.14. The van der Waals surface area contributed by atoms with E-state index in [1.165, 1.54) is 5.38 Å². The molecule has 2 N–H and O–H groups in total. The lowest BCUT2D eigenvalue weighted by Gasteiger charge is -2.02. The Hall–Kier alpha value is -1.36. The minimum atomic E-state index is -3.62. The topological polar surface area (TPSA) is 83.5 Å². The van der Waals surface area contributed by atoms with Crippen molar-refractivity contribution >= 4 is 27.3 Å². The van der Waals surface area contributed by atoms with E-state index < -0.39 is 16.0 Å². The van der Waals surface area contributed by atoms with Crippen LogP contribution in [0.2, 0.25) is 0 Å². The summed E-state index contributed by atoms with van der Waals surface area (Å²) in [6.07, 6.45) is 6.08. The number of hydrogen-bond donors (Lipinski definition) is 2. The normalized spacial score (nSPS) is 11.0. The highest BCUT2D eigenvalue weighted by Crippen LogP contribution is 2.19. The number of carboxylic acids is 1. The fraction of sp³-hybridized carbons (Fsp3) is 0.300. The van der Waals surface area contributed by atoms with Gasteiger partial charge in [0.2, 0.25) is 10.0 Å². The molecule has 1 rings (SSSR count). The van der Waals surface area contributed by atoms with Crippen LogP contribution in [0.3, 0.4) is 0 Å². The number of rotatable bonds is 6. The molecule has 0 radical (unpaired) electrons. The van der Waals surface area contributed by atoms with Crippen molar-refractivity contribution in [1.29, 1.82) is 0 Å². The molecule has 0 aromatic carbocycles. The molecule has 0 aliphatic heterocycles. The number of carboxylic acid groups (broad SMARTS) is 1. The number of aromatic carboxylic acids is 1. The third-order valence-electron chi connectivity index (χ3n) is 1.88. The van der Waals surface area contributed by atoms with E-state index in [4.69, 9.17) is 11.5 Å². The smallest absolute Gasteiger partial charge is 0.336 e. The molecule has 0 bridgehead atoms. The van der Waals surface area contributed by atoms with Crippen LogP contribution in [0.1, 0.15) is 23.2 Å². The van der Waals surface area contributed by atoms with Gasteiger partial charge >= 0.3 is 5.97 Å². The Morgan fingerprint density at radius 2 is 2.29 bits per heavy atom. The van der Waals surface area contributed by atoms with Crippen LogP contribution < -0.4 is 4.72 Å². The van der Waals surface area contributed by atoms with E-state index in [0.717, 1.165) is 17.4 Å². The van der Waals surface area contributed by atoms with Gasteiger partial charge in [0.15, 0.2) is 0 Å². The zero-order valence-corrected chi connectivity index (χ0v) is 10.5. The van der Waals surface area contributed by atoms with Crippen molar-refractivity contribution in [3.8, 4) is 12.3 Å². The van der Waals surface area contributed by atoms with Crippen molar-refractivity contribution in [3.05, 3.63) is 17.0 Å². The summed E-state index contributed by atoms with van der Waals surface area (Å²) in [5.74, 6) is 1.26. The Bertz CT molecular complexity index is 539. The summed E-state index contributed by atoms with van der Waals surface area (Å²) >= 11 is 0.877. The van der Waals surface area contributed by atoms with Crippen LogP contribution in [0.15, 0.2) is 15.7 Å². The number of thiophene rings is 1. The molecule has 7 heteroatoms. The molecule has 0 saturated heterocycles. The largest absolute Gasteiger partial charge is 0.478 e. The first-order valence-corrected chi connectivity index (χ1v) is 7.08. The van der Waals surface area contributed by atoms with Gasteiger partial charge in [-0.1, -0.05) is 0 Å². The Labute approximate surface area is 104 Å². The van der Waals surface area contributed by atoms with Crippen LogP contribution in [0.25, 0.3) is 0 Å². The molecule has 0 saturated carbocycles. The Balaban J connectivity index is 2.69. The molecular formula is C10H11NO4S2. The first-order chi connectivity index (χ1) is 7.97. The molecule has 0 aliphatic rings. The van der Waals surface area contributed by atoms with Gasteiger partial charge < -0.3 is 5.11 Å². The fourth-order valence-corrected chi connectivity index (χ4v) is 3.31. The molecule has 1 heterocycles. The number of sulfonamides is 1. The second kappa shape index (κ2) is 5.82. The molecule has 0 fully saturated rings. The van der Waals surface area contributed by atoms with Crippen LogP contribution in [0, 0.1) is 12.3 Å². The molecular weight excluding hydrogens is 262 g/mol. The maximum absolute atomic E-state index is 11.7. The van der Waals surface area contributed by atoms with E-state index in [-0.39, 0.29) is 16.3 Å². The summed E-state index contributed by atoms with van der Waals surface area (Å²) in [7, 11) is -3.62. The molecule has 5 nitrogen and oxygen atoms in total. The predicted octanol–water partition coefficient (Wildman–Crippen LogP) is 1.14. The Morgan fingerprint density at radius 1 is 1.59 bits per heavy atom. The molecule has 0 amide bonds. The van der Waals surface area contributed by atoms with Gasteiger partial charge in [-0.15, -0.1) is 23.7 Å². The highest BCUT2D eigenvalue weighted by Gasteiger charge is 2.17. The average Bonchev–Trinajstić information content (AvgIpc) is 2.74. The molecule has 0 unspecified atom stereocenters. The zero-order valence-electron chi connectivity index (χ0n) is 8.84. The Morgan fingerprint density at radius 3 is 2.82 bits per heavy atom. The van der Waals surface area contributed by atoms with Crippen LogP contribution in [0.5, 0.6) is 0 Å². The first-order valence-electron chi connectivity index (χ1n) is 4.72. The maximum Gasteiger partial charge on any atom is 0.336 e. The number of nitrogens with one attached hydrogen (secondary N) is 1. The van der Waals surface area contributed by atoms with Crippen molar-refractivity contribution < 1.29 is 18.3 Å². The monoisotopic (exact) mass is 273 g/mol. The lowest BCUT2D eigenvalue weighted by molar-refractivity contribution is 0.0697. The van der Waals surface area contributed by atoms with E-state index >= 15 is 0 Å². The van der Waals surface area contributed by atoms with Gasteiger partial charge in [-0.05, 0) is 12.5 Å². The SMILES string of the molecule is C#CCCCNS(=O)(=O)c1cc(C(=O)O)cs1. The molecule has 1 aromatic rings. The molecule has 17 heavy (non-hydrogen) atoms. The molecule has 0 aliphatic carbocycles. The van der Waals surface area contributed by atoms with Crippen molar-refractivity contribution in [2.45, 2.75) is 17.1 Å². The maximum atomic E-state index is 11.7. The number of carbonyl (C=O) groups is 1. The average molecular weight is 273 g/mol. The highest BCUT2D eigenvalue weighted by atomic mass is 32.2. The molecule has 92 valence electrons. The van der Waals surface area contributed by atoms with Crippen molar-refractivity contribution in [3.63, 3.8) is 0 Å². The summed E-state index contributed by atoms with van der Waals surface area (Å²) in [4.78, 5) is 10.6. The lowest BCUT2D eigenvalue weighted by Crippen LogP contribution is -2.23. The van der Waals surface area contributed by atoms with E-state index in [1.54, 1.807) is 0 Å². The van der Waals surface area contributed by atoms with Crippen LogP contribution in [-0.2, 0) is 10.0 Å². The summed E-state index contributed by atoms with van der Waals surface area (Å²) in [6.45, 7) is 0.243. The quantitative estimate of drug-likeness (QED) is 0.601. The molecule has 0 atom stereocenters. The van der Waals surface area contributed by atoms with Gasteiger partial charge in [0.25, 0.3) is 0 Å². The third kappa shape index (κ3) is 3.85. The number of hydrogen-bond acceptors (Lipinski definition) is 4. The first kappa shape index (κ1) is 13.7. The minimum Gasteiger partial charge on any atom is -0.478 e. The number of unbranched alkanes of at least 4 members (excludes halogenated alkanes) is 1. The van der Waals surface area contributed by atoms with Gasteiger partial charge in [-0.25, -0.2) is 17.9 Å². The second-order valence-corrected chi connectivity index (χ2v) is 6.07. The standard InChI is InChI=1S/C10H11NO4S2/c1-2-3-4-5-11-17(14,15)9-6-8(7-16-9)10(12)13/h1,6-7,11H,3-5H2,(H,12,13). The predicted molar refractivity (Wildman–Crippen MR) is 64.5 cm³/mol. The van der Waals surface area contributed by atoms with Gasteiger partial charge in [0, 0.05) is 18.3 Å². The summed E-state index contributed by atoms with van der Waals surface area (Å²) in [5.41, 5.74) is -0.0287. The molecule has 1 aromatic heterocycles.